The van der Waals surface area contributed by atoms with E-state index in [1.54, 1.807) is 0 Å². The van der Waals surface area contributed by atoms with Crippen LogP contribution in [0.5, 0.6) is 0 Å². The number of rotatable bonds is 3. The average molecular weight is 256 g/mol. The molecule has 0 unspecified atom stereocenters. The summed E-state index contributed by atoms with van der Waals surface area (Å²) in [5, 5.41) is 12.1. The summed E-state index contributed by atoms with van der Waals surface area (Å²) in [5.41, 5.74) is 0.841. The van der Waals surface area contributed by atoms with Crippen LogP contribution in [-0.2, 0) is 11.2 Å². The summed E-state index contributed by atoms with van der Waals surface area (Å²) in [5.74, 6) is -1.18. The number of aromatic nitrogens is 1. The predicted octanol–water partition coefficient (Wildman–Crippen LogP) is 2.76. The largest absolute Gasteiger partial charge is 0.481 e. The monoisotopic (exact) mass is 255 g/mol. The van der Waals surface area contributed by atoms with Crippen LogP contribution in [0.15, 0.2) is 28.8 Å². The maximum absolute atomic E-state index is 12.9. The predicted molar refractivity (Wildman–Crippen MR) is 58.2 cm³/mol. The number of hydrogen-bond donors (Lipinski definition) is 1. The first-order chi connectivity index (χ1) is 8.06. The van der Waals surface area contributed by atoms with Gasteiger partial charge < -0.3 is 9.63 Å². The van der Waals surface area contributed by atoms with Crippen LogP contribution in [0, 0.1) is 5.82 Å². The minimum Gasteiger partial charge on any atom is -0.481 e. The Labute approximate surface area is 101 Å². The summed E-state index contributed by atoms with van der Waals surface area (Å²) in [6.45, 7) is 0. The summed E-state index contributed by atoms with van der Waals surface area (Å²) in [7, 11) is 0. The van der Waals surface area contributed by atoms with Crippen molar-refractivity contribution in [2.24, 2.45) is 0 Å². The van der Waals surface area contributed by atoms with Gasteiger partial charge in [0.15, 0.2) is 5.76 Å². The number of aliphatic carboxylic acids is 1. The summed E-state index contributed by atoms with van der Waals surface area (Å²) in [6.07, 6.45) is -0.224. The van der Waals surface area contributed by atoms with Gasteiger partial charge in [0.2, 0.25) is 0 Å². The van der Waals surface area contributed by atoms with Gasteiger partial charge in [-0.25, -0.2) is 4.39 Å². The Kier molecular flexibility index (Phi) is 3.10. The Morgan fingerprint density at radius 2 is 2.24 bits per heavy atom. The third-order valence-corrected chi connectivity index (χ3v) is 2.39. The molecule has 88 valence electrons. The lowest BCUT2D eigenvalue weighted by Crippen LogP contribution is -1.99. The van der Waals surface area contributed by atoms with E-state index >= 15 is 0 Å². The van der Waals surface area contributed by atoms with Crippen molar-refractivity contribution in [3.8, 4) is 11.3 Å². The third-order valence-electron chi connectivity index (χ3n) is 2.10. The van der Waals surface area contributed by atoms with Crippen LogP contribution < -0.4 is 0 Å². The van der Waals surface area contributed by atoms with Crippen molar-refractivity contribution in [1.82, 2.24) is 5.16 Å². The van der Waals surface area contributed by atoms with Gasteiger partial charge in [0.05, 0.1) is 17.1 Å². The van der Waals surface area contributed by atoms with E-state index in [2.05, 4.69) is 5.16 Å². The maximum atomic E-state index is 12.9. The first-order valence-corrected chi connectivity index (χ1v) is 5.07. The zero-order valence-corrected chi connectivity index (χ0v) is 9.24. The molecule has 1 heterocycles. The second kappa shape index (κ2) is 4.55. The molecule has 0 bridgehead atoms. The van der Waals surface area contributed by atoms with Crippen LogP contribution in [-0.4, -0.2) is 16.2 Å². The number of benzene rings is 1. The highest BCUT2D eigenvalue weighted by atomic mass is 35.5. The first-order valence-electron chi connectivity index (χ1n) is 4.69. The smallest absolute Gasteiger partial charge is 0.309 e. The first kappa shape index (κ1) is 11.6. The molecule has 17 heavy (non-hydrogen) atoms. The Morgan fingerprint density at radius 1 is 1.47 bits per heavy atom. The molecule has 4 nitrogen and oxygen atoms in total. The molecular formula is C11H7ClFNO3. The van der Waals surface area contributed by atoms with Crippen LogP contribution in [0.2, 0.25) is 5.02 Å². The molecule has 2 aromatic rings. The quantitative estimate of drug-likeness (QED) is 0.916. The molecule has 0 spiro atoms. The van der Waals surface area contributed by atoms with Crippen molar-refractivity contribution in [3.05, 3.63) is 40.8 Å². The van der Waals surface area contributed by atoms with Crippen molar-refractivity contribution >= 4 is 17.6 Å². The summed E-state index contributed by atoms with van der Waals surface area (Å²) in [4.78, 5) is 10.5. The maximum Gasteiger partial charge on any atom is 0.309 e. The lowest BCUT2D eigenvalue weighted by atomic mass is 10.1. The van der Waals surface area contributed by atoms with E-state index < -0.39 is 11.8 Å². The van der Waals surface area contributed by atoms with Gasteiger partial charge in [-0.1, -0.05) is 16.8 Å². The molecule has 6 heteroatoms. The minimum absolute atomic E-state index is 0.0290. The number of nitrogens with zero attached hydrogens (tertiary/aromatic N) is 1. The second-order valence-corrected chi connectivity index (χ2v) is 3.79. The molecule has 0 aliphatic rings. The molecule has 1 aromatic heterocycles. The van der Waals surface area contributed by atoms with E-state index in [-0.39, 0.29) is 11.4 Å². The van der Waals surface area contributed by atoms with Gasteiger partial charge in [-0.05, 0) is 18.2 Å². The topological polar surface area (TPSA) is 63.3 Å². The second-order valence-electron chi connectivity index (χ2n) is 3.38. The molecule has 1 aromatic carbocycles. The van der Waals surface area contributed by atoms with Crippen LogP contribution >= 0.6 is 11.6 Å². The molecule has 0 amide bonds. The number of halogens is 2. The fourth-order valence-corrected chi connectivity index (χ4v) is 1.52. The number of carbonyl (C=O) groups is 1. The Morgan fingerprint density at radius 3 is 2.88 bits per heavy atom. The van der Waals surface area contributed by atoms with Gasteiger partial charge in [-0.3, -0.25) is 4.79 Å². The average Bonchev–Trinajstić information content (AvgIpc) is 2.69. The van der Waals surface area contributed by atoms with Gasteiger partial charge >= 0.3 is 5.97 Å². The highest BCUT2D eigenvalue weighted by molar-refractivity contribution is 6.31. The fraction of sp³-hybridized carbons (Fsp3) is 0.0909. The van der Waals surface area contributed by atoms with Crippen molar-refractivity contribution < 1.29 is 18.8 Å². The lowest BCUT2D eigenvalue weighted by Gasteiger charge is -1.97. The molecule has 0 radical (unpaired) electrons. The van der Waals surface area contributed by atoms with Crippen molar-refractivity contribution in [1.29, 1.82) is 0 Å². The van der Waals surface area contributed by atoms with Gasteiger partial charge in [-0.15, -0.1) is 0 Å². The van der Waals surface area contributed by atoms with Crippen LogP contribution in [0.3, 0.4) is 0 Å². The molecular weight excluding hydrogens is 249 g/mol. The lowest BCUT2D eigenvalue weighted by molar-refractivity contribution is -0.136. The molecule has 1 N–H and O–H groups in total. The molecule has 0 saturated carbocycles. The minimum atomic E-state index is -0.998. The summed E-state index contributed by atoms with van der Waals surface area (Å²) < 4.78 is 17.9. The van der Waals surface area contributed by atoms with E-state index in [0.717, 1.165) is 0 Å². The Bertz CT molecular complexity index is 568. The SMILES string of the molecule is O=C(O)Cc1cc(-c2ccc(F)c(Cl)c2)on1. The van der Waals surface area contributed by atoms with Gasteiger partial charge in [0, 0.05) is 11.6 Å². The van der Waals surface area contributed by atoms with E-state index in [0.29, 0.717) is 17.0 Å². The zero-order chi connectivity index (χ0) is 12.4. The molecule has 0 atom stereocenters. The van der Waals surface area contributed by atoms with E-state index in [4.69, 9.17) is 21.2 Å². The normalized spacial score (nSPS) is 10.5. The molecule has 0 aliphatic carbocycles. The standard InChI is InChI=1S/C11H7ClFNO3/c12-8-3-6(1-2-9(8)13)10-4-7(14-17-10)5-11(15)16/h1-4H,5H2,(H,15,16). The van der Waals surface area contributed by atoms with E-state index in [1.165, 1.54) is 24.3 Å². The van der Waals surface area contributed by atoms with Crippen LogP contribution in [0.1, 0.15) is 5.69 Å². The highest BCUT2D eigenvalue weighted by Crippen LogP contribution is 2.25. The van der Waals surface area contributed by atoms with Crippen molar-refractivity contribution in [2.75, 3.05) is 0 Å². The summed E-state index contributed by atoms with van der Waals surface area (Å²) in [6, 6.07) is 5.56. The van der Waals surface area contributed by atoms with E-state index in [1.807, 2.05) is 0 Å². The van der Waals surface area contributed by atoms with Crippen molar-refractivity contribution in [3.63, 3.8) is 0 Å². The number of carboxylic acids is 1. The molecule has 0 fully saturated rings. The Hall–Kier alpha value is -1.88. The van der Waals surface area contributed by atoms with Crippen LogP contribution in [0.4, 0.5) is 4.39 Å². The Balaban J connectivity index is 2.30. The fourth-order valence-electron chi connectivity index (χ4n) is 1.34. The van der Waals surface area contributed by atoms with Gasteiger partial charge in [0.1, 0.15) is 5.82 Å². The highest BCUT2D eigenvalue weighted by Gasteiger charge is 2.11. The van der Waals surface area contributed by atoms with Crippen LogP contribution in [0.25, 0.3) is 11.3 Å². The van der Waals surface area contributed by atoms with Gasteiger partial charge in [0.25, 0.3) is 0 Å². The molecule has 2 rings (SSSR count). The van der Waals surface area contributed by atoms with Crippen molar-refractivity contribution in [2.45, 2.75) is 6.42 Å². The third kappa shape index (κ3) is 2.62. The summed E-state index contributed by atoms with van der Waals surface area (Å²) >= 11 is 5.62. The number of hydrogen-bond acceptors (Lipinski definition) is 3. The van der Waals surface area contributed by atoms with Gasteiger partial charge in [-0.2, -0.15) is 0 Å². The number of carboxylic acid groups (broad SMARTS) is 1. The molecule has 0 saturated heterocycles. The molecule has 0 aliphatic heterocycles. The zero-order valence-electron chi connectivity index (χ0n) is 8.48. The van der Waals surface area contributed by atoms with E-state index in [9.17, 15) is 9.18 Å².